The van der Waals surface area contributed by atoms with Gasteiger partial charge in [0.05, 0.1) is 6.10 Å². The van der Waals surface area contributed by atoms with Gasteiger partial charge in [-0.15, -0.1) is 0 Å². The van der Waals surface area contributed by atoms with Gasteiger partial charge in [0.2, 0.25) is 0 Å². The fourth-order valence-electron chi connectivity index (χ4n) is 2.51. The van der Waals surface area contributed by atoms with Gasteiger partial charge in [-0.1, -0.05) is 47.3 Å². The van der Waals surface area contributed by atoms with Crippen molar-refractivity contribution in [1.82, 2.24) is 5.32 Å². The third-order valence-electron chi connectivity index (χ3n) is 3.65. The lowest BCUT2D eigenvalue weighted by Gasteiger charge is -2.21. The van der Waals surface area contributed by atoms with Crippen LogP contribution >= 0.6 is 15.9 Å². The number of ether oxygens (including phenoxy) is 1. The summed E-state index contributed by atoms with van der Waals surface area (Å²) in [4.78, 5) is 0. The molecule has 0 radical (unpaired) electrons. The van der Waals surface area contributed by atoms with Crippen LogP contribution in [0.3, 0.4) is 0 Å². The molecule has 0 saturated heterocycles. The summed E-state index contributed by atoms with van der Waals surface area (Å²) in [7, 11) is 0. The first-order valence-electron chi connectivity index (χ1n) is 7.41. The third kappa shape index (κ3) is 6.07. The van der Waals surface area contributed by atoms with E-state index >= 15 is 0 Å². The maximum absolute atomic E-state index is 5.90. The average Bonchev–Trinajstić information content (AvgIpc) is 2.46. The van der Waals surface area contributed by atoms with E-state index in [0.29, 0.717) is 6.10 Å². The summed E-state index contributed by atoms with van der Waals surface area (Å²) in [5.41, 5.74) is 1.33. The molecule has 0 unspecified atom stereocenters. The van der Waals surface area contributed by atoms with Gasteiger partial charge in [0.25, 0.3) is 0 Å². The average molecular weight is 326 g/mol. The zero-order chi connectivity index (χ0) is 13.3. The van der Waals surface area contributed by atoms with Crippen LogP contribution in [0.25, 0.3) is 0 Å². The van der Waals surface area contributed by atoms with Gasteiger partial charge in [0, 0.05) is 17.6 Å². The second-order valence-electron chi connectivity index (χ2n) is 5.29. The molecule has 1 fully saturated rings. The highest BCUT2D eigenvalue weighted by Crippen LogP contribution is 2.20. The first-order chi connectivity index (χ1) is 9.34. The molecule has 0 aliphatic heterocycles. The Morgan fingerprint density at radius 2 is 1.84 bits per heavy atom. The van der Waals surface area contributed by atoms with Crippen molar-refractivity contribution in [2.75, 3.05) is 13.2 Å². The number of halogens is 1. The van der Waals surface area contributed by atoms with E-state index in [1.54, 1.807) is 0 Å². The topological polar surface area (TPSA) is 21.3 Å². The van der Waals surface area contributed by atoms with E-state index in [2.05, 4.69) is 45.5 Å². The Bertz CT molecular complexity index is 346. The quantitative estimate of drug-likeness (QED) is 0.755. The van der Waals surface area contributed by atoms with Gasteiger partial charge in [-0.25, -0.2) is 0 Å². The predicted octanol–water partition coefficient (Wildman–Crippen LogP) is 4.28. The van der Waals surface area contributed by atoms with Crippen molar-refractivity contribution in [2.24, 2.45) is 0 Å². The molecule has 2 nitrogen and oxygen atoms in total. The molecule has 1 N–H and O–H groups in total. The van der Waals surface area contributed by atoms with Gasteiger partial charge in [-0.05, 0) is 43.5 Å². The highest BCUT2D eigenvalue weighted by molar-refractivity contribution is 9.10. The molecule has 0 amide bonds. The summed E-state index contributed by atoms with van der Waals surface area (Å²) in [6.45, 7) is 2.87. The maximum atomic E-state index is 5.90. The fourth-order valence-corrected chi connectivity index (χ4v) is 2.78. The smallest absolute Gasteiger partial charge is 0.0575 e. The Morgan fingerprint density at radius 3 is 2.58 bits per heavy atom. The van der Waals surface area contributed by atoms with Crippen molar-refractivity contribution >= 4 is 15.9 Å². The summed E-state index contributed by atoms with van der Waals surface area (Å²) >= 11 is 3.45. The summed E-state index contributed by atoms with van der Waals surface area (Å²) in [6, 6.07) is 8.47. The molecule has 0 bridgehead atoms. The Morgan fingerprint density at radius 1 is 1.11 bits per heavy atom. The molecule has 0 heterocycles. The van der Waals surface area contributed by atoms with Crippen molar-refractivity contribution in [1.29, 1.82) is 0 Å². The standard InChI is InChI=1S/C16H24BrNO/c17-15-9-7-14(8-10-15)13-18-11-4-12-19-16-5-2-1-3-6-16/h7-10,16,18H,1-6,11-13H2. The van der Waals surface area contributed by atoms with Crippen LogP contribution in [-0.4, -0.2) is 19.3 Å². The van der Waals surface area contributed by atoms with Crippen LogP contribution in [0.5, 0.6) is 0 Å². The molecule has 1 aliphatic carbocycles. The van der Waals surface area contributed by atoms with Crippen LogP contribution in [0.2, 0.25) is 0 Å². The molecule has 1 aliphatic rings. The molecule has 0 spiro atoms. The van der Waals surface area contributed by atoms with Crippen molar-refractivity contribution < 1.29 is 4.74 Å². The summed E-state index contributed by atoms with van der Waals surface area (Å²) < 4.78 is 7.04. The lowest BCUT2D eigenvalue weighted by Crippen LogP contribution is -2.20. The van der Waals surface area contributed by atoms with E-state index in [4.69, 9.17) is 4.74 Å². The summed E-state index contributed by atoms with van der Waals surface area (Å²) in [5.74, 6) is 0. The Hall–Kier alpha value is -0.380. The van der Waals surface area contributed by atoms with Crippen LogP contribution in [-0.2, 0) is 11.3 Å². The van der Waals surface area contributed by atoms with Gasteiger partial charge in [0.1, 0.15) is 0 Å². The van der Waals surface area contributed by atoms with Gasteiger partial charge >= 0.3 is 0 Å². The number of hydrogen-bond donors (Lipinski definition) is 1. The molecule has 1 saturated carbocycles. The zero-order valence-corrected chi connectivity index (χ0v) is 13.1. The first kappa shape index (κ1) is 15.0. The van der Waals surface area contributed by atoms with Crippen molar-refractivity contribution in [3.63, 3.8) is 0 Å². The van der Waals surface area contributed by atoms with Gasteiger partial charge < -0.3 is 10.1 Å². The minimum absolute atomic E-state index is 0.542. The van der Waals surface area contributed by atoms with E-state index in [1.807, 2.05) is 0 Å². The predicted molar refractivity (Wildman–Crippen MR) is 83.3 cm³/mol. The maximum Gasteiger partial charge on any atom is 0.0575 e. The van der Waals surface area contributed by atoms with Crippen LogP contribution in [0.15, 0.2) is 28.7 Å². The minimum Gasteiger partial charge on any atom is -0.378 e. The van der Waals surface area contributed by atoms with Crippen molar-refractivity contribution in [3.8, 4) is 0 Å². The molecule has 106 valence electrons. The normalized spacial score (nSPS) is 16.7. The lowest BCUT2D eigenvalue weighted by molar-refractivity contribution is 0.0273. The number of rotatable bonds is 7. The van der Waals surface area contributed by atoms with Gasteiger partial charge in [-0.3, -0.25) is 0 Å². The Balaban J connectivity index is 1.49. The molecule has 0 aromatic heterocycles. The van der Waals surface area contributed by atoms with Crippen LogP contribution in [0.4, 0.5) is 0 Å². The number of benzene rings is 1. The molecule has 1 aromatic rings. The summed E-state index contributed by atoms with van der Waals surface area (Å²) in [6.07, 6.45) is 8.29. The van der Waals surface area contributed by atoms with E-state index in [9.17, 15) is 0 Å². The second kappa shape index (κ2) is 8.72. The first-order valence-corrected chi connectivity index (χ1v) is 8.20. The molecule has 0 atom stereocenters. The van der Waals surface area contributed by atoms with Crippen molar-refractivity contribution in [3.05, 3.63) is 34.3 Å². The van der Waals surface area contributed by atoms with E-state index in [0.717, 1.165) is 30.6 Å². The highest BCUT2D eigenvalue weighted by atomic mass is 79.9. The molecule has 2 rings (SSSR count). The minimum atomic E-state index is 0.542. The van der Waals surface area contributed by atoms with Crippen molar-refractivity contribution in [2.45, 2.75) is 51.2 Å². The van der Waals surface area contributed by atoms with E-state index < -0.39 is 0 Å². The van der Waals surface area contributed by atoms with Crippen LogP contribution < -0.4 is 5.32 Å². The SMILES string of the molecule is Brc1ccc(CNCCCOC2CCCCC2)cc1. The largest absolute Gasteiger partial charge is 0.378 e. The Labute approximate surface area is 125 Å². The lowest BCUT2D eigenvalue weighted by atomic mass is 9.98. The third-order valence-corrected chi connectivity index (χ3v) is 4.17. The highest BCUT2D eigenvalue weighted by Gasteiger charge is 2.12. The molecule has 1 aromatic carbocycles. The molecule has 3 heteroatoms. The molecular formula is C16H24BrNO. The molecular weight excluding hydrogens is 302 g/mol. The number of hydrogen-bond acceptors (Lipinski definition) is 2. The second-order valence-corrected chi connectivity index (χ2v) is 6.20. The van der Waals surface area contributed by atoms with Gasteiger partial charge in [0.15, 0.2) is 0 Å². The number of nitrogens with one attached hydrogen (secondary N) is 1. The van der Waals surface area contributed by atoms with Crippen LogP contribution in [0.1, 0.15) is 44.1 Å². The summed E-state index contributed by atoms with van der Waals surface area (Å²) in [5, 5.41) is 3.46. The Kier molecular flexibility index (Phi) is 6.90. The monoisotopic (exact) mass is 325 g/mol. The van der Waals surface area contributed by atoms with E-state index in [-0.39, 0.29) is 0 Å². The van der Waals surface area contributed by atoms with Crippen LogP contribution in [0, 0.1) is 0 Å². The zero-order valence-electron chi connectivity index (χ0n) is 11.5. The van der Waals surface area contributed by atoms with E-state index in [1.165, 1.54) is 37.7 Å². The van der Waals surface area contributed by atoms with Gasteiger partial charge in [-0.2, -0.15) is 0 Å². The fraction of sp³-hybridized carbons (Fsp3) is 0.625. The molecule has 19 heavy (non-hydrogen) atoms.